The van der Waals surface area contributed by atoms with E-state index in [9.17, 15) is 14.0 Å². The highest BCUT2D eigenvalue weighted by molar-refractivity contribution is 5.97. The molecule has 2 aromatic rings. The van der Waals surface area contributed by atoms with E-state index in [2.05, 4.69) is 5.32 Å². The molecule has 2 amide bonds. The van der Waals surface area contributed by atoms with Gasteiger partial charge in [-0.3, -0.25) is 9.59 Å². The van der Waals surface area contributed by atoms with Crippen molar-refractivity contribution in [3.8, 4) is 0 Å². The Kier molecular flexibility index (Phi) is 6.41. The largest absolute Gasteiger partial charge is 0.366 e. The molecule has 1 fully saturated rings. The summed E-state index contributed by atoms with van der Waals surface area (Å²) in [6, 6.07) is 16.5. The number of hydrogen-bond donors (Lipinski definition) is 1. The van der Waals surface area contributed by atoms with Crippen LogP contribution in [0.4, 0.5) is 10.1 Å². The van der Waals surface area contributed by atoms with E-state index in [-0.39, 0.29) is 24.1 Å². The average molecular weight is 369 g/mol. The summed E-state index contributed by atoms with van der Waals surface area (Å²) in [6.07, 6.45) is 0.594. The molecule has 0 unspecified atom stereocenters. The first-order chi connectivity index (χ1) is 13.1. The predicted molar refractivity (Wildman–Crippen MR) is 103 cm³/mol. The van der Waals surface area contributed by atoms with Crippen molar-refractivity contribution >= 4 is 17.5 Å². The molecular formula is C21H24FN3O2. The number of carbonyl (C=O) groups excluding carboxylic acids is 2. The van der Waals surface area contributed by atoms with Crippen LogP contribution in [-0.4, -0.2) is 49.4 Å². The number of anilines is 1. The topological polar surface area (TPSA) is 52.7 Å². The maximum atomic E-state index is 13.9. The summed E-state index contributed by atoms with van der Waals surface area (Å²) in [7, 11) is 0. The van der Waals surface area contributed by atoms with Crippen molar-refractivity contribution in [2.24, 2.45) is 0 Å². The first kappa shape index (κ1) is 18.9. The Morgan fingerprint density at radius 1 is 0.926 bits per heavy atom. The number of benzene rings is 2. The second kappa shape index (κ2) is 9.16. The minimum Gasteiger partial charge on any atom is -0.366 e. The molecule has 0 aromatic heterocycles. The smallest absolute Gasteiger partial charge is 0.232 e. The van der Waals surface area contributed by atoms with Gasteiger partial charge in [-0.15, -0.1) is 0 Å². The van der Waals surface area contributed by atoms with Gasteiger partial charge in [0.2, 0.25) is 11.8 Å². The summed E-state index contributed by atoms with van der Waals surface area (Å²) in [5.41, 5.74) is 1.71. The van der Waals surface area contributed by atoms with Crippen LogP contribution < -0.4 is 10.2 Å². The van der Waals surface area contributed by atoms with Gasteiger partial charge in [-0.05, 0) is 24.1 Å². The number of piperazine rings is 1. The molecule has 1 aliphatic heterocycles. The minimum atomic E-state index is -0.257. The molecule has 0 bridgehead atoms. The Hall–Kier alpha value is -2.89. The van der Waals surface area contributed by atoms with Gasteiger partial charge in [0.15, 0.2) is 0 Å². The highest BCUT2D eigenvalue weighted by Crippen LogP contribution is 2.20. The van der Waals surface area contributed by atoms with E-state index in [0.29, 0.717) is 38.4 Å². The molecule has 1 N–H and O–H groups in total. The number of nitrogens with one attached hydrogen (secondary N) is 1. The average Bonchev–Trinajstić information content (AvgIpc) is 2.69. The van der Waals surface area contributed by atoms with Gasteiger partial charge in [0.05, 0.1) is 5.69 Å². The molecule has 1 aliphatic rings. The van der Waals surface area contributed by atoms with Crippen molar-refractivity contribution < 1.29 is 14.0 Å². The van der Waals surface area contributed by atoms with E-state index in [1.54, 1.807) is 23.1 Å². The molecular weight excluding hydrogens is 345 g/mol. The van der Waals surface area contributed by atoms with Crippen molar-refractivity contribution in [2.75, 3.05) is 37.6 Å². The Morgan fingerprint density at radius 2 is 1.59 bits per heavy atom. The quantitative estimate of drug-likeness (QED) is 0.795. The van der Waals surface area contributed by atoms with E-state index >= 15 is 0 Å². The fraction of sp³-hybridized carbons (Fsp3) is 0.333. The van der Waals surface area contributed by atoms with E-state index in [1.807, 2.05) is 35.2 Å². The Balaban J connectivity index is 1.40. The first-order valence-electron chi connectivity index (χ1n) is 9.21. The summed E-state index contributed by atoms with van der Waals surface area (Å²) in [5, 5.41) is 2.80. The SMILES string of the molecule is O=C(CC(=O)N1CCN(c2ccccc2F)CC1)NCCc1ccccc1. The monoisotopic (exact) mass is 369 g/mol. The number of halogens is 1. The van der Waals surface area contributed by atoms with Gasteiger partial charge < -0.3 is 15.1 Å². The van der Waals surface area contributed by atoms with E-state index in [0.717, 1.165) is 12.0 Å². The summed E-state index contributed by atoms with van der Waals surface area (Å²) in [5.74, 6) is -0.692. The molecule has 0 saturated carbocycles. The first-order valence-corrected chi connectivity index (χ1v) is 9.21. The van der Waals surface area contributed by atoms with Crippen LogP contribution in [0, 0.1) is 5.82 Å². The number of nitrogens with zero attached hydrogens (tertiary/aromatic N) is 2. The maximum absolute atomic E-state index is 13.9. The van der Waals surface area contributed by atoms with Gasteiger partial charge in [-0.25, -0.2) is 4.39 Å². The van der Waals surface area contributed by atoms with Crippen molar-refractivity contribution in [1.29, 1.82) is 0 Å². The highest BCUT2D eigenvalue weighted by Gasteiger charge is 2.23. The van der Waals surface area contributed by atoms with Gasteiger partial charge >= 0.3 is 0 Å². The van der Waals surface area contributed by atoms with Crippen molar-refractivity contribution in [1.82, 2.24) is 10.2 Å². The van der Waals surface area contributed by atoms with Crippen LogP contribution in [0.3, 0.4) is 0 Å². The molecule has 142 valence electrons. The van der Waals surface area contributed by atoms with Gasteiger partial charge in [-0.2, -0.15) is 0 Å². The lowest BCUT2D eigenvalue weighted by Gasteiger charge is -2.36. The van der Waals surface area contributed by atoms with Gasteiger partial charge in [0.1, 0.15) is 12.2 Å². The molecule has 27 heavy (non-hydrogen) atoms. The van der Waals surface area contributed by atoms with Crippen molar-refractivity contribution in [2.45, 2.75) is 12.8 Å². The fourth-order valence-electron chi connectivity index (χ4n) is 3.21. The molecule has 0 radical (unpaired) electrons. The van der Waals surface area contributed by atoms with E-state index in [4.69, 9.17) is 0 Å². The maximum Gasteiger partial charge on any atom is 0.232 e. The van der Waals surface area contributed by atoms with E-state index in [1.165, 1.54) is 6.07 Å². The van der Waals surface area contributed by atoms with Gasteiger partial charge in [0.25, 0.3) is 0 Å². The third-order valence-electron chi connectivity index (χ3n) is 4.72. The van der Waals surface area contributed by atoms with Crippen LogP contribution in [-0.2, 0) is 16.0 Å². The number of carbonyl (C=O) groups is 2. The Morgan fingerprint density at radius 3 is 2.30 bits per heavy atom. The van der Waals surface area contributed by atoms with Crippen LogP contribution in [0.15, 0.2) is 54.6 Å². The van der Waals surface area contributed by atoms with Crippen LogP contribution in [0.1, 0.15) is 12.0 Å². The standard InChI is InChI=1S/C21H24FN3O2/c22-18-8-4-5-9-19(18)24-12-14-25(15-13-24)21(27)16-20(26)23-11-10-17-6-2-1-3-7-17/h1-9H,10-16H2,(H,23,26). The summed E-state index contributed by atoms with van der Waals surface area (Å²) < 4.78 is 13.9. The van der Waals surface area contributed by atoms with Crippen LogP contribution in [0.5, 0.6) is 0 Å². The summed E-state index contributed by atoms with van der Waals surface area (Å²) in [6.45, 7) is 2.61. The molecule has 3 rings (SSSR count). The van der Waals surface area contributed by atoms with Crippen LogP contribution in [0.25, 0.3) is 0 Å². The zero-order valence-corrected chi connectivity index (χ0v) is 15.2. The lowest BCUT2D eigenvalue weighted by atomic mass is 10.1. The van der Waals surface area contributed by atoms with Crippen LogP contribution in [0.2, 0.25) is 0 Å². The predicted octanol–water partition coefficient (Wildman–Crippen LogP) is 2.22. The third-order valence-corrected chi connectivity index (χ3v) is 4.72. The number of amides is 2. The Labute approximate surface area is 158 Å². The number of rotatable bonds is 6. The summed E-state index contributed by atoms with van der Waals surface area (Å²) in [4.78, 5) is 27.9. The number of para-hydroxylation sites is 1. The molecule has 0 aliphatic carbocycles. The fourth-order valence-corrected chi connectivity index (χ4v) is 3.21. The highest BCUT2D eigenvalue weighted by atomic mass is 19.1. The lowest BCUT2D eigenvalue weighted by Crippen LogP contribution is -2.49. The summed E-state index contributed by atoms with van der Waals surface area (Å²) >= 11 is 0. The van der Waals surface area contributed by atoms with Crippen LogP contribution >= 0.6 is 0 Å². The molecule has 0 spiro atoms. The van der Waals surface area contributed by atoms with Gasteiger partial charge in [0, 0.05) is 32.7 Å². The van der Waals surface area contributed by atoms with Crippen molar-refractivity contribution in [3.63, 3.8) is 0 Å². The normalized spacial score (nSPS) is 14.1. The Bertz CT molecular complexity index is 774. The molecule has 1 saturated heterocycles. The molecule has 0 atom stereocenters. The van der Waals surface area contributed by atoms with E-state index < -0.39 is 0 Å². The third kappa shape index (κ3) is 5.29. The second-order valence-electron chi connectivity index (χ2n) is 6.58. The second-order valence-corrected chi connectivity index (χ2v) is 6.58. The zero-order chi connectivity index (χ0) is 19.1. The molecule has 6 heteroatoms. The molecule has 5 nitrogen and oxygen atoms in total. The number of hydrogen-bond acceptors (Lipinski definition) is 3. The molecule has 2 aromatic carbocycles. The minimum absolute atomic E-state index is 0.144. The van der Waals surface area contributed by atoms with Gasteiger partial charge in [-0.1, -0.05) is 42.5 Å². The van der Waals surface area contributed by atoms with Crippen molar-refractivity contribution in [3.05, 3.63) is 66.0 Å². The molecule has 1 heterocycles. The lowest BCUT2D eigenvalue weighted by molar-refractivity contribution is -0.136. The zero-order valence-electron chi connectivity index (χ0n) is 15.2.